The van der Waals surface area contributed by atoms with Crippen molar-refractivity contribution in [2.45, 2.75) is 25.1 Å². The Bertz CT molecular complexity index is 478. The van der Waals surface area contributed by atoms with E-state index in [4.69, 9.17) is 15.9 Å². The number of ether oxygens (including phenoxy) is 1. The summed E-state index contributed by atoms with van der Waals surface area (Å²) in [6, 6.07) is 5.72. The molecule has 1 heterocycles. The van der Waals surface area contributed by atoms with E-state index < -0.39 is 0 Å². The van der Waals surface area contributed by atoms with Crippen LogP contribution in [0.1, 0.15) is 24.5 Å². The topological polar surface area (TPSA) is 62.3 Å². The summed E-state index contributed by atoms with van der Waals surface area (Å²) in [6.45, 7) is 5.34. The van der Waals surface area contributed by atoms with Crippen LogP contribution in [0.5, 0.6) is 5.75 Å². The van der Waals surface area contributed by atoms with Crippen LogP contribution in [0.25, 0.3) is 0 Å². The number of hydrogen-bond acceptors (Lipinski definition) is 4. The van der Waals surface area contributed by atoms with Crippen LogP contribution in [-0.4, -0.2) is 41.9 Å². The van der Waals surface area contributed by atoms with Gasteiger partial charge >= 0.3 is 0 Å². The molecule has 1 fully saturated rings. The first-order valence-corrected chi connectivity index (χ1v) is 8.04. The van der Waals surface area contributed by atoms with Crippen LogP contribution < -0.4 is 10.5 Å². The fourth-order valence-corrected chi connectivity index (χ4v) is 3.73. The average molecular weight is 293 g/mol. The predicted molar refractivity (Wildman–Crippen MR) is 85.8 cm³/mol. The van der Waals surface area contributed by atoms with Crippen LogP contribution in [0.15, 0.2) is 18.2 Å². The molecule has 0 aromatic heterocycles. The van der Waals surface area contributed by atoms with Crippen molar-refractivity contribution in [2.24, 2.45) is 5.73 Å². The lowest BCUT2D eigenvalue weighted by Crippen LogP contribution is -2.37. The monoisotopic (exact) mass is 293 g/mol. The van der Waals surface area contributed by atoms with E-state index in [0.29, 0.717) is 0 Å². The number of nitrogens with two attached hydrogens (primary N) is 1. The largest absolute Gasteiger partial charge is 0.496 e. The predicted octanol–water partition coefficient (Wildman–Crippen LogP) is 2.31. The Morgan fingerprint density at radius 3 is 3.00 bits per heavy atom. The van der Waals surface area contributed by atoms with E-state index in [1.165, 1.54) is 12.2 Å². The van der Waals surface area contributed by atoms with Gasteiger partial charge in [0.1, 0.15) is 11.6 Å². The smallest absolute Gasteiger partial charge is 0.123 e. The summed E-state index contributed by atoms with van der Waals surface area (Å²) in [4.78, 5) is 2.46. The summed E-state index contributed by atoms with van der Waals surface area (Å²) < 4.78 is 5.43. The number of thioether (sulfide) groups is 1. The van der Waals surface area contributed by atoms with Gasteiger partial charge in [-0.2, -0.15) is 11.8 Å². The van der Waals surface area contributed by atoms with Crippen LogP contribution >= 0.6 is 11.8 Å². The molecule has 1 aromatic carbocycles. The number of nitrogen functional groups attached to an aromatic ring is 1. The molecule has 0 bridgehead atoms. The van der Waals surface area contributed by atoms with E-state index in [1.807, 2.05) is 18.2 Å². The van der Waals surface area contributed by atoms with Crippen molar-refractivity contribution < 1.29 is 4.74 Å². The molecule has 1 aromatic rings. The van der Waals surface area contributed by atoms with Crippen molar-refractivity contribution in [3.63, 3.8) is 0 Å². The van der Waals surface area contributed by atoms with Gasteiger partial charge in [-0.15, -0.1) is 0 Å². The first kappa shape index (κ1) is 15.2. The van der Waals surface area contributed by atoms with E-state index in [1.54, 1.807) is 7.11 Å². The molecule has 0 aliphatic carbocycles. The summed E-state index contributed by atoms with van der Waals surface area (Å²) in [7, 11) is 1.69. The second-order valence-corrected chi connectivity index (χ2v) is 6.48. The SMILES string of the molecule is CCC1CN(Cc2cc(C(=N)N)ccc2OC)CCS1. The van der Waals surface area contributed by atoms with Crippen molar-refractivity contribution >= 4 is 17.6 Å². The lowest BCUT2D eigenvalue weighted by Gasteiger charge is -2.32. The molecular weight excluding hydrogens is 270 g/mol. The Morgan fingerprint density at radius 2 is 2.35 bits per heavy atom. The maximum atomic E-state index is 7.56. The summed E-state index contributed by atoms with van der Waals surface area (Å²) in [5.74, 6) is 2.17. The molecule has 110 valence electrons. The molecule has 0 spiro atoms. The molecule has 0 amide bonds. The highest BCUT2D eigenvalue weighted by Crippen LogP contribution is 2.26. The van der Waals surface area contributed by atoms with E-state index >= 15 is 0 Å². The third-order valence-electron chi connectivity index (χ3n) is 3.66. The Balaban J connectivity index is 2.14. The molecule has 4 nitrogen and oxygen atoms in total. The van der Waals surface area contributed by atoms with E-state index in [0.717, 1.165) is 41.8 Å². The summed E-state index contributed by atoms with van der Waals surface area (Å²) in [6.07, 6.45) is 1.21. The minimum Gasteiger partial charge on any atom is -0.496 e. The molecule has 0 saturated carbocycles. The van der Waals surface area contributed by atoms with Crippen LogP contribution in [0.4, 0.5) is 0 Å². The Labute approximate surface area is 125 Å². The molecule has 20 heavy (non-hydrogen) atoms. The molecule has 1 unspecified atom stereocenters. The zero-order valence-corrected chi connectivity index (χ0v) is 13.0. The Kier molecular flexibility index (Phi) is 5.31. The second-order valence-electron chi connectivity index (χ2n) is 5.08. The lowest BCUT2D eigenvalue weighted by molar-refractivity contribution is 0.268. The molecular formula is C15H23N3OS. The molecule has 0 radical (unpaired) electrons. The zero-order chi connectivity index (χ0) is 14.5. The standard InChI is InChI=1S/C15H23N3OS/c1-3-13-10-18(6-7-20-13)9-12-8-11(15(16)17)4-5-14(12)19-2/h4-5,8,13H,3,6-7,9-10H2,1-2H3,(H3,16,17). The fourth-order valence-electron chi connectivity index (χ4n) is 2.48. The summed E-state index contributed by atoms with van der Waals surface area (Å²) in [5.41, 5.74) is 7.45. The first-order valence-electron chi connectivity index (χ1n) is 6.99. The number of hydrogen-bond donors (Lipinski definition) is 2. The normalized spacial score (nSPS) is 19.8. The van der Waals surface area contributed by atoms with Gasteiger partial charge in [-0.3, -0.25) is 10.3 Å². The highest BCUT2D eigenvalue weighted by Gasteiger charge is 2.20. The van der Waals surface area contributed by atoms with E-state index in [9.17, 15) is 0 Å². The van der Waals surface area contributed by atoms with Crippen LogP contribution in [0, 0.1) is 5.41 Å². The van der Waals surface area contributed by atoms with Crippen molar-refractivity contribution in [1.29, 1.82) is 5.41 Å². The van der Waals surface area contributed by atoms with Crippen molar-refractivity contribution in [3.05, 3.63) is 29.3 Å². The third-order valence-corrected chi connectivity index (χ3v) is 5.04. The second kappa shape index (κ2) is 6.99. The van der Waals surface area contributed by atoms with Crippen molar-refractivity contribution in [3.8, 4) is 5.75 Å². The van der Waals surface area contributed by atoms with Crippen molar-refractivity contribution in [2.75, 3.05) is 26.0 Å². The van der Waals surface area contributed by atoms with E-state index in [-0.39, 0.29) is 5.84 Å². The molecule has 1 aliphatic rings. The number of benzene rings is 1. The lowest BCUT2D eigenvalue weighted by atomic mass is 10.1. The van der Waals surface area contributed by atoms with Crippen molar-refractivity contribution in [1.82, 2.24) is 4.90 Å². The van der Waals surface area contributed by atoms with Gasteiger partial charge in [0.15, 0.2) is 0 Å². The molecule has 1 atom stereocenters. The van der Waals surface area contributed by atoms with Gasteiger partial charge in [-0.05, 0) is 24.6 Å². The number of rotatable bonds is 5. The van der Waals surface area contributed by atoms with Crippen LogP contribution in [-0.2, 0) is 6.54 Å². The highest BCUT2D eigenvalue weighted by molar-refractivity contribution is 8.00. The maximum Gasteiger partial charge on any atom is 0.123 e. The molecule has 1 aliphatic heterocycles. The number of nitrogens with one attached hydrogen (secondary N) is 1. The van der Waals surface area contributed by atoms with Gasteiger partial charge in [0.2, 0.25) is 0 Å². The van der Waals surface area contributed by atoms with Gasteiger partial charge < -0.3 is 10.5 Å². The number of nitrogens with zero attached hydrogens (tertiary/aromatic N) is 1. The van der Waals surface area contributed by atoms with Gasteiger partial charge in [-0.25, -0.2) is 0 Å². The van der Waals surface area contributed by atoms with Gasteiger partial charge in [0, 0.05) is 41.8 Å². The Morgan fingerprint density at radius 1 is 1.55 bits per heavy atom. The molecule has 3 N–H and O–H groups in total. The number of methoxy groups -OCH3 is 1. The summed E-state index contributed by atoms with van der Waals surface area (Å²) >= 11 is 2.07. The van der Waals surface area contributed by atoms with Gasteiger partial charge in [-0.1, -0.05) is 6.92 Å². The van der Waals surface area contributed by atoms with Gasteiger partial charge in [0.05, 0.1) is 7.11 Å². The summed E-state index contributed by atoms with van der Waals surface area (Å²) in [5, 5.41) is 8.29. The highest BCUT2D eigenvalue weighted by atomic mass is 32.2. The van der Waals surface area contributed by atoms with Gasteiger partial charge in [0.25, 0.3) is 0 Å². The zero-order valence-electron chi connectivity index (χ0n) is 12.2. The quantitative estimate of drug-likeness (QED) is 0.646. The molecule has 1 saturated heterocycles. The minimum atomic E-state index is 0.106. The Hall–Kier alpha value is -1.20. The average Bonchev–Trinajstić information content (AvgIpc) is 2.47. The van der Waals surface area contributed by atoms with Crippen LogP contribution in [0.2, 0.25) is 0 Å². The molecule has 5 heteroatoms. The maximum absolute atomic E-state index is 7.56. The molecule has 2 rings (SSSR count). The first-order chi connectivity index (χ1) is 9.63. The fraction of sp³-hybridized carbons (Fsp3) is 0.533. The van der Waals surface area contributed by atoms with Crippen LogP contribution in [0.3, 0.4) is 0 Å². The van der Waals surface area contributed by atoms with E-state index in [2.05, 4.69) is 23.6 Å². The third kappa shape index (κ3) is 3.67. The number of amidine groups is 1. The minimum absolute atomic E-state index is 0.106.